The monoisotopic (exact) mass is 396 g/mol. The molecule has 2 aliphatic heterocycles. The lowest BCUT2D eigenvalue weighted by Gasteiger charge is -2.37. The number of hydrogen-bond acceptors (Lipinski definition) is 4. The second kappa shape index (κ2) is 9.62. The van der Waals surface area contributed by atoms with Crippen molar-refractivity contribution in [3.8, 4) is 0 Å². The van der Waals surface area contributed by atoms with Crippen LogP contribution in [0.15, 0.2) is 23.2 Å². The molecule has 2 saturated heterocycles. The number of benzene rings is 1. The van der Waals surface area contributed by atoms with Gasteiger partial charge in [-0.1, -0.05) is 6.07 Å². The van der Waals surface area contributed by atoms with Crippen LogP contribution in [0.25, 0.3) is 0 Å². The van der Waals surface area contributed by atoms with Crippen LogP contribution in [0.4, 0.5) is 8.78 Å². The zero-order chi connectivity index (χ0) is 20.1. The second-order valence-electron chi connectivity index (χ2n) is 7.45. The van der Waals surface area contributed by atoms with E-state index in [4.69, 9.17) is 9.47 Å². The van der Waals surface area contributed by atoms with Gasteiger partial charge in [-0.2, -0.15) is 0 Å². The van der Waals surface area contributed by atoms with E-state index in [1.807, 2.05) is 14.1 Å². The number of ether oxygens (including phenoxy) is 2. The molecule has 0 saturated carbocycles. The average Bonchev–Trinajstić information content (AvgIpc) is 3.21. The molecule has 3 atom stereocenters. The highest BCUT2D eigenvalue weighted by Crippen LogP contribution is 2.24. The van der Waals surface area contributed by atoms with E-state index >= 15 is 0 Å². The lowest BCUT2D eigenvalue weighted by atomic mass is 10.0. The Morgan fingerprint density at radius 3 is 2.57 bits per heavy atom. The highest BCUT2D eigenvalue weighted by Gasteiger charge is 2.32. The summed E-state index contributed by atoms with van der Waals surface area (Å²) in [6.45, 7) is 3.12. The molecule has 0 amide bonds. The van der Waals surface area contributed by atoms with E-state index in [-0.39, 0.29) is 17.8 Å². The Kier molecular flexibility index (Phi) is 7.20. The molecule has 0 aliphatic carbocycles. The van der Waals surface area contributed by atoms with Gasteiger partial charge in [-0.25, -0.2) is 8.78 Å². The summed E-state index contributed by atoms with van der Waals surface area (Å²) in [6.07, 6.45) is 2.22. The zero-order valence-electron chi connectivity index (χ0n) is 16.8. The molecular weight excluding hydrogens is 366 g/mol. The van der Waals surface area contributed by atoms with E-state index in [0.29, 0.717) is 32.2 Å². The quantitative estimate of drug-likeness (QED) is 0.610. The summed E-state index contributed by atoms with van der Waals surface area (Å²) in [4.78, 5) is 8.30. The van der Waals surface area contributed by atoms with Gasteiger partial charge in [-0.05, 0) is 39.1 Å². The summed E-state index contributed by atoms with van der Waals surface area (Å²) in [5, 5.41) is 3.29. The fourth-order valence-electron chi connectivity index (χ4n) is 3.88. The first kappa shape index (κ1) is 21.0. The maximum atomic E-state index is 14.3. The maximum absolute atomic E-state index is 14.3. The van der Waals surface area contributed by atoms with Crippen LogP contribution in [0.1, 0.15) is 24.4 Å². The number of nitrogens with one attached hydrogen (secondary N) is 1. The summed E-state index contributed by atoms with van der Waals surface area (Å²) in [6, 6.07) is 3.50. The van der Waals surface area contributed by atoms with E-state index in [9.17, 15) is 8.78 Å². The van der Waals surface area contributed by atoms with E-state index in [1.54, 1.807) is 11.9 Å². The summed E-state index contributed by atoms with van der Waals surface area (Å²) in [7, 11) is 5.33. The summed E-state index contributed by atoms with van der Waals surface area (Å²) >= 11 is 0. The van der Waals surface area contributed by atoms with Crippen LogP contribution < -0.4 is 5.32 Å². The third-order valence-electron chi connectivity index (χ3n) is 5.39. The number of likely N-dealkylation sites (N-methyl/N-ethyl adjacent to an activating group) is 1. The van der Waals surface area contributed by atoms with Crippen LogP contribution >= 0.6 is 0 Å². The molecule has 28 heavy (non-hydrogen) atoms. The predicted octanol–water partition coefficient (Wildman–Crippen LogP) is 2.02. The minimum atomic E-state index is -0.541. The highest BCUT2D eigenvalue weighted by atomic mass is 19.1. The van der Waals surface area contributed by atoms with E-state index in [2.05, 4.69) is 15.2 Å². The number of morpholine rings is 1. The number of guanidine groups is 1. The fraction of sp³-hybridized carbons (Fsp3) is 0.650. The van der Waals surface area contributed by atoms with Gasteiger partial charge < -0.3 is 24.6 Å². The molecular formula is C20H30F2N4O2. The van der Waals surface area contributed by atoms with Crippen molar-refractivity contribution < 1.29 is 18.3 Å². The minimum Gasteiger partial charge on any atom is -0.375 e. The number of hydrogen-bond donors (Lipinski definition) is 1. The van der Waals surface area contributed by atoms with Crippen LogP contribution in [-0.2, 0) is 9.47 Å². The Bertz CT molecular complexity index is 660. The first-order chi connectivity index (χ1) is 13.5. The fourth-order valence-corrected chi connectivity index (χ4v) is 3.88. The molecule has 8 heteroatoms. The number of rotatable bonds is 5. The first-order valence-electron chi connectivity index (χ1n) is 9.80. The number of halogens is 2. The number of nitrogens with zero attached hydrogens (tertiary/aromatic N) is 3. The van der Waals surface area contributed by atoms with Gasteiger partial charge in [0, 0.05) is 38.9 Å². The van der Waals surface area contributed by atoms with E-state index in [0.717, 1.165) is 19.4 Å². The van der Waals surface area contributed by atoms with Gasteiger partial charge in [0.2, 0.25) is 0 Å². The largest absolute Gasteiger partial charge is 0.375 e. The van der Waals surface area contributed by atoms with E-state index < -0.39 is 17.7 Å². The average molecular weight is 396 g/mol. The third kappa shape index (κ3) is 4.79. The normalized spacial score (nSPS) is 24.6. The Balaban J connectivity index is 1.66. The molecule has 2 fully saturated rings. The van der Waals surface area contributed by atoms with E-state index in [1.165, 1.54) is 18.2 Å². The molecule has 1 aromatic carbocycles. The van der Waals surface area contributed by atoms with Gasteiger partial charge in [0.1, 0.15) is 17.7 Å². The molecule has 156 valence electrons. The van der Waals surface area contributed by atoms with Crippen LogP contribution in [0.5, 0.6) is 0 Å². The van der Waals surface area contributed by atoms with Crippen molar-refractivity contribution in [1.82, 2.24) is 15.1 Å². The van der Waals surface area contributed by atoms with Gasteiger partial charge in [0.05, 0.1) is 18.8 Å². The smallest absolute Gasteiger partial charge is 0.193 e. The van der Waals surface area contributed by atoms with Crippen molar-refractivity contribution in [3.05, 3.63) is 35.4 Å². The van der Waals surface area contributed by atoms with Crippen molar-refractivity contribution in [2.24, 2.45) is 4.99 Å². The van der Waals surface area contributed by atoms with Crippen molar-refractivity contribution >= 4 is 5.96 Å². The molecule has 1 aromatic rings. The Labute approximate surface area is 165 Å². The summed E-state index contributed by atoms with van der Waals surface area (Å²) in [5.74, 6) is -0.379. The topological polar surface area (TPSA) is 49.3 Å². The van der Waals surface area contributed by atoms with Crippen LogP contribution in [-0.4, -0.2) is 82.0 Å². The van der Waals surface area contributed by atoms with Crippen molar-refractivity contribution in [2.45, 2.75) is 31.1 Å². The molecule has 0 radical (unpaired) electrons. The Hall–Kier alpha value is -1.77. The zero-order valence-corrected chi connectivity index (χ0v) is 16.8. The van der Waals surface area contributed by atoms with Crippen LogP contribution in [0.3, 0.4) is 0 Å². The van der Waals surface area contributed by atoms with Crippen LogP contribution in [0.2, 0.25) is 0 Å². The van der Waals surface area contributed by atoms with Gasteiger partial charge >= 0.3 is 0 Å². The second-order valence-corrected chi connectivity index (χ2v) is 7.45. The lowest BCUT2D eigenvalue weighted by Crippen LogP contribution is -2.54. The molecule has 3 unspecified atom stereocenters. The lowest BCUT2D eigenvalue weighted by molar-refractivity contribution is -0.0817. The highest BCUT2D eigenvalue weighted by molar-refractivity contribution is 5.80. The van der Waals surface area contributed by atoms with Crippen molar-refractivity contribution in [3.63, 3.8) is 0 Å². The maximum Gasteiger partial charge on any atom is 0.193 e. The molecule has 1 N–H and O–H groups in total. The molecule has 2 aliphatic rings. The van der Waals surface area contributed by atoms with Gasteiger partial charge in [-0.3, -0.25) is 4.99 Å². The molecule has 3 rings (SSSR count). The molecule has 0 bridgehead atoms. The first-order valence-corrected chi connectivity index (χ1v) is 9.80. The Morgan fingerprint density at radius 2 is 1.96 bits per heavy atom. The Morgan fingerprint density at radius 1 is 1.25 bits per heavy atom. The van der Waals surface area contributed by atoms with Crippen LogP contribution in [0, 0.1) is 11.6 Å². The molecule has 6 nitrogen and oxygen atoms in total. The molecule has 0 aromatic heterocycles. The SMILES string of the molecule is CN=C(NCC(c1c(F)cccc1F)N(C)C)N1CCOC(C2CCCO2)C1. The summed E-state index contributed by atoms with van der Waals surface area (Å²) < 4.78 is 40.2. The van der Waals surface area contributed by atoms with Gasteiger partial charge in [0.25, 0.3) is 0 Å². The van der Waals surface area contributed by atoms with Crippen molar-refractivity contribution in [2.75, 3.05) is 54.0 Å². The molecule has 0 spiro atoms. The van der Waals surface area contributed by atoms with Crippen molar-refractivity contribution in [1.29, 1.82) is 0 Å². The number of aliphatic imine (C=N–C) groups is 1. The van der Waals surface area contributed by atoms with Gasteiger partial charge in [-0.15, -0.1) is 0 Å². The molecule has 2 heterocycles. The predicted molar refractivity (Wildman–Crippen MR) is 104 cm³/mol. The minimum absolute atomic E-state index is 0.0171. The third-order valence-corrected chi connectivity index (χ3v) is 5.39. The van der Waals surface area contributed by atoms with Gasteiger partial charge in [0.15, 0.2) is 5.96 Å². The standard InChI is InChI=1S/C20H30F2N4O2/c1-23-20(26-9-11-28-18(13-26)17-8-5-10-27-17)24-12-16(25(2)3)19-14(21)6-4-7-15(19)22/h4,6-7,16-18H,5,8-13H2,1-3H3,(H,23,24). The summed E-state index contributed by atoms with van der Waals surface area (Å²) in [5.41, 5.74) is 0.0645.